The SMILES string of the molecule is NC1CCCc2cn(-c3ccc(O)cc3)nc21. The third-order valence-electron chi connectivity index (χ3n) is 3.25. The van der Waals surface area contributed by atoms with Gasteiger partial charge in [-0.1, -0.05) is 0 Å². The highest BCUT2D eigenvalue weighted by atomic mass is 16.3. The van der Waals surface area contributed by atoms with E-state index in [1.165, 1.54) is 5.56 Å². The third kappa shape index (κ3) is 1.80. The van der Waals surface area contributed by atoms with Crippen molar-refractivity contribution in [1.82, 2.24) is 9.78 Å². The number of rotatable bonds is 1. The van der Waals surface area contributed by atoms with E-state index >= 15 is 0 Å². The summed E-state index contributed by atoms with van der Waals surface area (Å²) in [5.74, 6) is 0.266. The number of hydrogen-bond donors (Lipinski definition) is 2. The van der Waals surface area contributed by atoms with Gasteiger partial charge in [0, 0.05) is 12.2 Å². The van der Waals surface area contributed by atoms with Crippen LogP contribution in [0.3, 0.4) is 0 Å². The Labute approximate surface area is 99.7 Å². The molecule has 4 heteroatoms. The van der Waals surface area contributed by atoms with Crippen molar-refractivity contribution in [2.75, 3.05) is 0 Å². The van der Waals surface area contributed by atoms with Gasteiger partial charge in [-0.3, -0.25) is 0 Å². The zero-order valence-corrected chi connectivity index (χ0v) is 9.50. The van der Waals surface area contributed by atoms with Crippen molar-refractivity contribution >= 4 is 0 Å². The fourth-order valence-electron chi connectivity index (χ4n) is 2.31. The van der Waals surface area contributed by atoms with Gasteiger partial charge in [-0.2, -0.15) is 5.10 Å². The highest BCUT2D eigenvalue weighted by Crippen LogP contribution is 2.27. The van der Waals surface area contributed by atoms with Crippen LogP contribution in [0.15, 0.2) is 30.5 Å². The van der Waals surface area contributed by atoms with Crippen molar-refractivity contribution in [3.05, 3.63) is 41.7 Å². The van der Waals surface area contributed by atoms with E-state index in [9.17, 15) is 5.11 Å². The molecule has 1 heterocycles. The van der Waals surface area contributed by atoms with E-state index in [0.717, 1.165) is 30.6 Å². The van der Waals surface area contributed by atoms with Gasteiger partial charge in [-0.15, -0.1) is 0 Å². The maximum atomic E-state index is 9.26. The van der Waals surface area contributed by atoms with Gasteiger partial charge in [-0.25, -0.2) is 4.68 Å². The van der Waals surface area contributed by atoms with Crippen LogP contribution in [0.2, 0.25) is 0 Å². The van der Waals surface area contributed by atoms with Crippen LogP contribution in [0.4, 0.5) is 0 Å². The molecule has 0 spiro atoms. The second-order valence-corrected chi connectivity index (χ2v) is 4.50. The molecule has 17 heavy (non-hydrogen) atoms. The molecule has 0 fully saturated rings. The molecule has 1 unspecified atom stereocenters. The standard InChI is InChI=1S/C13H15N3O/c14-12-3-1-2-9-8-16(15-13(9)12)10-4-6-11(17)7-5-10/h4-8,12,17H,1-3,14H2. The largest absolute Gasteiger partial charge is 0.508 e. The molecule has 2 aromatic rings. The molecule has 1 aliphatic rings. The van der Waals surface area contributed by atoms with Gasteiger partial charge >= 0.3 is 0 Å². The number of benzene rings is 1. The van der Waals surface area contributed by atoms with Crippen molar-refractivity contribution in [2.24, 2.45) is 5.73 Å². The minimum Gasteiger partial charge on any atom is -0.508 e. The molecule has 0 bridgehead atoms. The molecule has 0 amide bonds. The molecule has 0 saturated carbocycles. The van der Waals surface area contributed by atoms with E-state index in [4.69, 9.17) is 5.73 Å². The molecule has 1 aromatic carbocycles. The topological polar surface area (TPSA) is 64.1 Å². The van der Waals surface area contributed by atoms with Crippen LogP contribution in [-0.4, -0.2) is 14.9 Å². The number of fused-ring (bicyclic) bond motifs is 1. The first-order valence-electron chi connectivity index (χ1n) is 5.87. The second-order valence-electron chi connectivity index (χ2n) is 4.50. The van der Waals surface area contributed by atoms with Crippen LogP contribution in [0.1, 0.15) is 30.1 Å². The first-order chi connectivity index (χ1) is 8.24. The Bertz CT molecular complexity index is 530. The molecule has 0 radical (unpaired) electrons. The van der Waals surface area contributed by atoms with Gasteiger partial charge in [0.1, 0.15) is 5.75 Å². The van der Waals surface area contributed by atoms with Crippen LogP contribution >= 0.6 is 0 Å². The maximum absolute atomic E-state index is 9.26. The molecule has 0 saturated heterocycles. The van der Waals surface area contributed by atoms with Gasteiger partial charge in [0.25, 0.3) is 0 Å². The van der Waals surface area contributed by atoms with E-state index in [-0.39, 0.29) is 11.8 Å². The fraction of sp³-hybridized carbons (Fsp3) is 0.308. The van der Waals surface area contributed by atoms with Crippen molar-refractivity contribution in [3.8, 4) is 11.4 Å². The number of aryl methyl sites for hydroxylation is 1. The Hall–Kier alpha value is -1.81. The summed E-state index contributed by atoms with van der Waals surface area (Å²) >= 11 is 0. The molecular formula is C13H15N3O. The molecule has 0 aliphatic heterocycles. The molecule has 1 atom stereocenters. The lowest BCUT2D eigenvalue weighted by Gasteiger charge is -2.15. The lowest BCUT2D eigenvalue weighted by atomic mass is 9.95. The van der Waals surface area contributed by atoms with Gasteiger partial charge in [0.05, 0.1) is 11.4 Å². The summed E-state index contributed by atoms with van der Waals surface area (Å²) in [6.45, 7) is 0. The molecule has 4 nitrogen and oxygen atoms in total. The normalized spacial score (nSPS) is 19.0. The summed E-state index contributed by atoms with van der Waals surface area (Å²) < 4.78 is 1.84. The van der Waals surface area contributed by atoms with E-state index in [1.54, 1.807) is 12.1 Å². The van der Waals surface area contributed by atoms with Crippen LogP contribution in [0.5, 0.6) is 5.75 Å². The monoisotopic (exact) mass is 229 g/mol. The number of aromatic hydroxyl groups is 1. The van der Waals surface area contributed by atoms with Crippen molar-refractivity contribution in [3.63, 3.8) is 0 Å². The molecule has 1 aliphatic carbocycles. The Kier molecular flexibility index (Phi) is 2.37. The van der Waals surface area contributed by atoms with Crippen molar-refractivity contribution in [2.45, 2.75) is 25.3 Å². The van der Waals surface area contributed by atoms with Gasteiger partial charge in [0.15, 0.2) is 0 Å². The highest BCUT2D eigenvalue weighted by Gasteiger charge is 2.20. The summed E-state index contributed by atoms with van der Waals surface area (Å²) in [7, 11) is 0. The summed E-state index contributed by atoms with van der Waals surface area (Å²) in [5.41, 5.74) is 9.26. The summed E-state index contributed by atoms with van der Waals surface area (Å²) in [5, 5.41) is 13.8. The van der Waals surface area contributed by atoms with E-state index in [0.29, 0.717) is 0 Å². The third-order valence-corrected chi connectivity index (χ3v) is 3.25. The average molecular weight is 229 g/mol. The highest BCUT2D eigenvalue weighted by molar-refractivity contribution is 5.38. The van der Waals surface area contributed by atoms with Crippen molar-refractivity contribution < 1.29 is 5.11 Å². The van der Waals surface area contributed by atoms with Crippen LogP contribution in [-0.2, 0) is 6.42 Å². The smallest absolute Gasteiger partial charge is 0.115 e. The zero-order chi connectivity index (χ0) is 11.8. The Balaban J connectivity index is 2.02. The molecule has 1 aromatic heterocycles. The first kappa shape index (κ1) is 10.4. The van der Waals surface area contributed by atoms with Gasteiger partial charge < -0.3 is 10.8 Å². The van der Waals surface area contributed by atoms with Gasteiger partial charge in [-0.05, 0) is 49.1 Å². The lowest BCUT2D eigenvalue weighted by Crippen LogP contribution is -2.17. The van der Waals surface area contributed by atoms with Crippen LogP contribution in [0.25, 0.3) is 5.69 Å². The number of phenolic OH excluding ortho intramolecular Hbond substituents is 1. The van der Waals surface area contributed by atoms with E-state index in [2.05, 4.69) is 5.10 Å². The summed E-state index contributed by atoms with van der Waals surface area (Å²) in [6, 6.07) is 7.09. The lowest BCUT2D eigenvalue weighted by molar-refractivity contribution is 0.475. The predicted molar refractivity (Wildman–Crippen MR) is 65.1 cm³/mol. The molecule has 88 valence electrons. The minimum atomic E-state index is 0.0668. The number of nitrogens with two attached hydrogens (primary N) is 1. The Morgan fingerprint density at radius 2 is 2.06 bits per heavy atom. The fourth-order valence-corrected chi connectivity index (χ4v) is 2.31. The predicted octanol–water partition coefficient (Wildman–Crippen LogP) is 1.91. The Morgan fingerprint density at radius 3 is 2.76 bits per heavy atom. The van der Waals surface area contributed by atoms with Crippen LogP contribution in [0, 0.1) is 0 Å². The summed E-state index contributed by atoms with van der Waals surface area (Å²) in [6.07, 6.45) is 5.25. The van der Waals surface area contributed by atoms with Crippen LogP contribution < -0.4 is 5.73 Å². The average Bonchev–Trinajstić information content (AvgIpc) is 2.75. The van der Waals surface area contributed by atoms with Gasteiger partial charge in [0.2, 0.25) is 0 Å². The van der Waals surface area contributed by atoms with E-state index in [1.807, 2.05) is 23.0 Å². The second kappa shape index (κ2) is 3.89. The number of hydrogen-bond acceptors (Lipinski definition) is 3. The molecule has 3 N–H and O–H groups in total. The molecular weight excluding hydrogens is 214 g/mol. The quantitative estimate of drug-likeness (QED) is 0.785. The van der Waals surface area contributed by atoms with E-state index < -0.39 is 0 Å². The zero-order valence-electron chi connectivity index (χ0n) is 9.50. The number of nitrogens with zero attached hydrogens (tertiary/aromatic N) is 2. The number of aromatic nitrogens is 2. The summed E-state index contributed by atoms with van der Waals surface area (Å²) in [4.78, 5) is 0. The number of phenols is 1. The van der Waals surface area contributed by atoms with Crippen molar-refractivity contribution in [1.29, 1.82) is 0 Å². The minimum absolute atomic E-state index is 0.0668. The Morgan fingerprint density at radius 1 is 1.29 bits per heavy atom. The molecule has 3 rings (SSSR count). The first-order valence-corrected chi connectivity index (χ1v) is 5.87. The maximum Gasteiger partial charge on any atom is 0.115 e.